The van der Waals surface area contributed by atoms with Gasteiger partial charge in [-0.25, -0.2) is 0 Å². The first kappa shape index (κ1) is 20.3. The summed E-state index contributed by atoms with van der Waals surface area (Å²) in [4.78, 5) is 25.5. The number of ether oxygens (including phenoxy) is 1. The molecule has 158 valence electrons. The summed E-state index contributed by atoms with van der Waals surface area (Å²) < 4.78 is 5.44. The number of nitro groups is 1. The number of hydrogen-bond donors (Lipinski definition) is 3. The van der Waals surface area contributed by atoms with Crippen LogP contribution in [0.3, 0.4) is 0 Å². The quantitative estimate of drug-likeness (QED) is 0.452. The van der Waals surface area contributed by atoms with Gasteiger partial charge in [-0.3, -0.25) is 14.9 Å². The van der Waals surface area contributed by atoms with E-state index in [0.29, 0.717) is 30.5 Å². The number of amides is 1. The van der Waals surface area contributed by atoms with Crippen molar-refractivity contribution in [2.75, 3.05) is 38.2 Å². The third-order valence-corrected chi connectivity index (χ3v) is 5.59. The Hall–Kier alpha value is -2.97. The second-order valence-electron chi connectivity index (χ2n) is 7.91. The van der Waals surface area contributed by atoms with Gasteiger partial charge in [-0.2, -0.15) is 0 Å². The monoisotopic (exact) mass is 411 g/mol. The predicted molar refractivity (Wildman–Crippen MR) is 113 cm³/mol. The molecule has 3 N–H and O–H groups in total. The van der Waals surface area contributed by atoms with Crippen LogP contribution in [0.1, 0.15) is 34.8 Å². The number of morpholine rings is 1. The van der Waals surface area contributed by atoms with Gasteiger partial charge in [-0.15, -0.1) is 0 Å². The molecule has 0 radical (unpaired) electrons. The zero-order chi connectivity index (χ0) is 20.9. The molecule has 0 aromatic heterocycles. The van der Waals surface area contributed by atoms with Gasteiger partial charge in [0.15, 0.2) is 0 Å². The van der Waals surface area contributed by atoms with E-state index >= 15 is 0 Å². The summed E-state index contributed by atoms with van der Waals surface area (Å²) >= 11 is 0. The third kappa shape index (κ3) is 5.14. The molecule has 1 amide bonds. The summed E-state index contributed by atoms with van der Waals surface area (Å²) in [6.45, 7) is 3.96. The van der Waals surface area contributed by atoms with E-state index in [0.717, 1.165) is 38.0 Å². The third-order valence-electron chi connectivity index (χ3n) is 5.59. The average Bonchev–Trinajstić information content (AvgIpc) is 3.59. The van der Waals surface area contributed by atoms with Gasteiger partial charge in [0.1, 0.15) is 31.4 Å². The first-order valence-electron chi connectivity index (χ1n) is 10.4. The Morgan fingerprint density at radius 3 is 2.57 bits per heavy atom. The highest BCUT2D eigenvalue weighted by Gasteiger charge is 2.27. The molecule has 2 fully saturated rings. The number of benzene rings is 2. The van der Waals surface area contributed by atoms with Gasteiger partial charge in [0.25, 0.3) is 11.6 Å². The molecule has 2 aromatic carbocycles. The summed E-state index contributed by atoms with van der Waals surface area (Å²) in [6.07, 6.45) is 2.03. The van der Waals surface area contributed by atoms with Crippen molar-refractivity contribution in [1.82, 2.24) is 5.32 Å². The molecule has 1 aliphatic carbocycles. The minimum Gasteiger partial charge on any atom is -0.377 e. The van der Waals surface area contributed by atoms with Gasteiger partial charge < -0.3 is 20.3 Å². The fourth-order valence-corrected chi connectivity index (χ4v) is 3.73. The molecule has 30 heavy (non-hydrogen) atoms. The van der Waals surface area contributed by atoms with Gasteiger partial charge >= 0.3 is 0 Å². The summed E-state index contributed by atoms with van der Waals surface area (Å²) in [5.74, 6) is -0.308. The molecule has 1 atom stereocenters. The Kier molecular flexibility index (Phi) is 6.25. The van der Waals surface area contributed by atoms with Crippen molar-refractivity contribution < 1.29 is 19.4 Å². The molecule has 2 aromatic rings. The molecular formula is C22H27N4O4+. The first-order valence-corrected chi connectivity index (χ1v) is 10.4. The lowest BCUT2D eigenvalue weighted by molar-refractivity contribution is -0.909. The van der Waals surface area contributed by atoms with Crippen molar-refractivity contribution in [3.8, 4) is 0 Å². The fourth-order valence-electron chi connectivity index (χ4n) is 3.73. The van der Waals surface area contributed by atoms with Crippen LogP contribution in [0.4, 0.5) is 11.4 Å². The Morgan fingerprint density at radius 2 is 1.90 bits per heavy atom. The van der Waals surface area contributed by atoms with Crippen LogP contribution >= 0.6 is 0 Å². The molecule has 1 aliphatic heterocycles. The number of hydrogen-bond acceptors (Lipinski definition) is 5. The van der Waals surface area contributed by atoms with E-state index in [-0.39, 0.29) is 17.6 Å². The number of quaternary nitrogens is 1. The summed E-state index contributed by atoms with van der Waals surface area (Å²) in [5.41, 5.74) is 1.72. The minimum atomic E-state index is -0.436. The fraction of sp³-hybridized carbons (Fsp3) is 0.409. The molecule has 8 nitrogen and oxygen atoms in total. The van der Waals surface area contributed by atoms with E-state index in [1.54, 1.807) is 12.1 Å². The van der Waals surface area contributed by atoms with Crippen LogP contribution in [0.25, 0.3) is 0 Å². The molecule has 0 bridgehead atoms. The minimum absolute atomic E-state index is 0.0652. The zero-order valence-corrected chi connectivity index (χ0v) is 16.8. The van der Waals surface area contributed by atoms with Crippen molar-refractivity contribution in [2.45, 2.75) is 24.9 Å². The van der Waals surface area contributed by atoms with E-state index < -0.39 is 4.92 Å². The number of nitrogens with one attached hydrogen (secondary N) is 3. The maximum atomic E-state index is 13.0. The molecule has 4 rings (SSSR count). The first-order chi connectivity index (χ1) is 14.6. The number of rotatable bonds is 8. The van der Waals surface area contributed by atoms with Crippen LogP contribution in [0.2, 0.25) is 0 Å². The molecular weight excluding hydrogens is 384 g/mol. The van der Waals surface area contributed by atoms with Gasteiger partial charge in [-0.05, 0) is 30.5 Å². The summed E-state index contributed by atoms with van der Waals surface area (Å²) in [7, 11) is 0. The normalized spacial score (nSPS) is 17.9. The standard InChI is InChI=1S/C22H26N4O4/c27-22(17-6-9-19(23-18-7-8-18)21(14-17)26(28)29)24-20(16-4-2-1-3-5-16)15-25-10-12-30-13-11-25/h1-6,9,14,18,20,23H,7-8,10-13,15H2,(H,24,27)/p+1/t20-/m1/s1. The van der Waals surface area contributed by atoms with E-state index in [1.165, 1.54) is 11.0 Å². The molecule has 1 heterocycles. The number of carbonyl (C=O) groups is 1. The van der Waals surface area contributed by atoms with E-state index in [4.69, 9.17) is 4.74 Å². The largest absolute Gasteiger partial charge is 0.377 e. The van der Waals surface area contributed by atoms with Gasteiger partial charge in [0.2, 0.25) is 0 Å². The lowest BCUT2D eigenvalue weighted by Gasteiger charge is -2.28. The highest BCUT2D eigenvalue weighted by molar-refractivity contribution is 5.96. The SMILES string of the molecule is O=C(N[C@H](C[NH+]1CCOCC1)c1ccccc1)c1ccc(NC2CC2)c([N+](=O)[O-])c1. The topological polar surface area (TPSA) is 97.9 Å². The molecule has 0 spiro atoms. The molecule has 0 unspecified atom stereocenters. The van der Waals surface area contributed by atoms with Gasteiger partial charge in [0, 0.05) is 17.7 Å². The van der Waals surface area contributed by atoms with Crippen LogP contribution in [0, 0.1) is 10.1 Å². The number of anilines is 1. The second-order valence-corrected chi connectivity index (χ2v) is 7.91. The van der Waals surface area contributed by atoms with Crippen molar-refractivity contribution in [3.05, 3.63) is 69.8 Å². The van der Waals surface area contributed by atoms with Crippen molar-refractivity contribution in [1.29, 1.82) is 0 Å². The van der Waals surface area contributed by atoms with Gasteiger partial charge in [-0.1, -0.05) is 30.3 Å². The molecule has 8 heteroatoms. The Morgan fingerprint density at radius 1 is 1.17 bits per heavy atom. The summed E-state index contributed by atoms with van der Waals surface area (Å²) in [5, 5.41) is 17.8. The molecule has 1 saturated carbocycles. The highest BCUT2D eigenvalue weighted by atomic mass is 16.6. The number of nitro benzene ring substituents is 1. The van der Waals surface area contributed by atoms with E-state index in [9.17, 15) is 14.9 Å². The summed E-state index contributed by atoms with van der Waals surface area (Å²) in [6, 6.07) is 14.6. The van der Waals surface area contributed by atoms with Crippen molar-refractivity contribution >= 4 is 17.3 Å². The molecule has 2 aliphatic rings. The van der Waals surface area contributed by atoms with Crippen LogP contribution < -0.4 is 15.5 Å². The van der Waals surface area contributed by atoms with Crippen LogP contribution in [-0.4, -0.2) is 49.7 Å². The van der Waals surface area contributed by atoms with Crippen LogP contribution in [-0.2, 0) is 4.74 Å². The lowest BCUT2D eigenvalue weighted by atomic mass is 10.0. The highest BCUT2D eigenvalue weighted by Crippen LogP contribution is 2.31. The Labute approximate surface area is 175 Å². The van der Waals surface area contributed by atoms with Crippen molar-refractivity contribution in [2.24, 2.45) is 0 Å². The van der Waals surface area contributed by atoms with Gasteiger partial charge in [0.05, 0.1) is 18.1 Å². The lowest BCUT2D eigenvalue weighted by Crippen LogP contribution is -3.14. The van der Waals surface area contributed by atoms with E-state index in [1.807, 2.05) is 30.3 Å². The van der Waals surface area contributed by atoms with Crippen molar-refractivity contribution in [3.63, 3.8) is 0 Å². The maximum absolute atomic E-state index is 13.0. The van der Waals surface area contributed by atoms with Crippen LogP contribution in [0.15, 0.2) is 48.5 Å². The number of carbonyl (C=O) groups excluding carboxylic acids is 1. The maximum Gasteiger partial charge on any atom is 0.293 e. The smallest absolute Gasteiger partial charge is 0.293 e. The van der Waals surface area contributed by atoms with E-state index in [2.05, 4.69) is 10.6 Å². The molecule has 1 saturated heterocycles. The Bertz CT molecular complexity index is 895. The second kappa shape index (κ2) is 9.23. The number of nitrogens with zero attached hydrogens (tertiary/aromatic N) is 1. The van der Waals surface area contributed by atoms with Crippen LogP contribution in [0.5, 0.6) is 0 Å². The Balaban J connectivity index is 1.52. The zero-order valence-electron chi connectivity index (χ0n) is 16.8. The predicted octanol–water partition coefficient (Wildman–Crippen LogP) is 1.56. The average molecular weight is 411 g/mol.